The summed E-state index contributed by atoms with van der Waals surface area (Å²) in [6, 6.07) is 4.01. The zero-order chi connectivity index (χ0) is 14.0. The van der Waals surface area contributed by atoms with Gasteiger partial charge in [0.15, 0.2) is 0 Å². The Bertz CT molecular complexity index is 559. The molecule has 19 heavy (non-hydrogen) atoms. The molecule has 1 fully saturated rings. The number of nitrogens with one attached hydrogen (secondary N) is 1. The van der Waals surface area contributed by atoms with Crippen LogP contribution >= 0.6 is 0 Å². The molecule has 1 aromatic rings. The standard InChI is InChI=1S/C13H18FNO3S/c1-9-2-5-12(14)13(6-9)19(17,18)15-8-10-3-4-11(16)7-10/h2,5-6,10-11,15-16H,3-4,7-8H2,1H3. The highest BCUT2D eigenvalue weighted by Crippen LogP contribution is 2.25. The Morgan fingerprint density at radius 3 is 2.79 bits per heavy atom. The van der Waals surface area contributed by atoms with Gasteiger partial charge in [0.05, 0.1) is 6.10 Å². The van der Waals surface area contributed by atoms with Crippen LogP contribution in [0.25, 0.3) is 0 Å². The van der Waals surface area contributed by atoms with Gasteiger partial charge in [0, 0.05) is 6.54 Å². The molecule has 2 N–H and O–H groups in total. The predicted octanol–water partition coefficient (Wildman–Crippen LogP) is 1.57. The Labute approximate surface area is 112 Å². The van der Waals surface area contributed by atoms with E-state index in [2.05, 4.69) is 4.72 Å². The normalized spacial score (nSPS) is 23.7. The minimum atomic E-state index is -3.83. The maximum absolute atomic E-state index is 13.6. The number of halogens is 1. The van der Waals surface area contributed by atoms with Gasteiger partial charge in [-0.05, 0) is 49.8 Å². The summed E-state index contributed by atoms with van der Waals surface area (Å²) in [5.74, 6) is -0.623. The molecule has 0 saturated heterocycles. The van der Waals surface area contributed by atoms with Crippen molar-refractivity contribution in [2.75, 3.05) is 6.54 Å². The van der Waals surface area contributed by atoms with Crippen molar-refractivity contribution in [3.8, 4) is 0 Å². The summed E-state index contributed by atoms with van der Waals surface area (Å²) in [6.45, 7) is 1.96. The third-order valence-corrected chi connectivity index (χ3v) is 4.89. The molecular weight excluding hydrogens is 269 g/mol. The molecule has 1 aliphatic rings. The lowest BCUT2D eigenvalue weighted by atomic mass is 10.1. The van der Waals surface area contributed by atoms with Crippen molar-refractivity contribution in [3.05, 3.63) is 29.6 Å². The Hall–Kier alpha value is -0.980. The van der Waals surface area contributed by atoms with Gasteiger partial charge in [-0.2, -0.15) is 0 Å². The Balaban J connectivity index is 2.08. The molecule has 2 rings (SSSR count). The van der Waals surface area contributed by atoms with Crippen LogP contribution in [0.2, 0.25) is 0 Å². The number of hydrogen-bond donors (Lipinski definition) is 2. The first-order chi connectivity index (χ1) is 8.88. The van der Waals surface area contributed by atoms with Gasteiger partial charge in [-0.25, -0.2) is 17.5 Å². The highest BCUT2D eigenvalue weighted by atomic mass is 32.2. The topological polar surface area (TPSA) is 66.4 Å². The maximum Gasteiger partial charge on any atom is 0.243 e. The molecule has 1 aliphatic carbocycles. The average Bonchev–Trinajstić information content (AvgIpc) is 2.76. The molecule has 0 radical (unpaired) electrons. The number of sulfonamides is 1. The lowest BCUT2D eigenvalue weighted by molar-refractivity contribution is 0.178. The largest absolute Gasteiger partial charge is 0.393 e. The maximum atomic E-state index is 13.6. The molecule has 106 valence electrons. The monoisotopic (exact) mass is 287 g/mol. The summed E-state index contributed by atoms with van der Waals surface area (Å²) in [5.41, 5.74) is 0.693. The van der Waals surface area contributed by atoms with E-state index in [0.29, 0.717) is 18.4 Å². The van der Waals surface area contributed by atoms with Gasteiger partial charge in [-0.3, -0.25) is 0 Å². The highest BCUT2D eigenvalue weighted by molar-refractivity contribution is 7.89. The molecule has 2 unspecified atom stereocenters. The summed E-state index contributed by atoms with van der Waals surface area (Å²) >= 11 is 0. The van der Waals surface area contributed by atoms with Crippen LogP contribution in [0, 0.1) is 18.7 Å². The van der Waals surface area contributed by atoms with Crippen LogP contribution in [0.5, 0.6) is 0 Å². The third kappa shape index (κ3) is 3.52. The van der Waals surface area contributed by atoms with Crippen LogP contribution in [-0.2, 0) is 10.0 Å². The highest BCUT2D eigenvalue weighted by Gasteiger charge is 2.25. The lowest BCUT2D eigenvalue weighted by Gasteiger charge is -2.12. The summed E-state index contributed by atoms with van der Waals surface area (Å²) in [5, 5.41) is 9.39. The van der Waals surface area contributed by atoms with E-state index in [9.17, 15) is 17.9 Å². The van der Waals surface area contributed by atoms with Gasteiger partial charge in [0.25, 0.3) is 0 Å². The van der Waals surface area contributed by atoms with Crippen molar-refractivity contribution in [1.29, 1.82) is 0 Å². The number of rotatable bonds is 4. The smallest absolute Gasteiger partial charge is 0.243 e. The third-order valence-electron chi connectivity index (χ3n) is 3.45. The van der Waals surface area contributed by atoms with Gasteiger partial charge < -0.3 is 5.11 Å². The van der Waals surface area contributed by atoms with Crippen molar-refractivity contribution < 1.29 is 17.9 Å². The molecule has 0 amide bonds. The Morgan fingerprint density at radius 2 is 2.16 bits per heavy atom. The molecule has 0 heterocycles. The summed E-state index contributed by atoms with van der Waals surface area (Å²) < 4.78 is 40.1. The quantitative estimate of drug-likeness (QED) is 0.883. The minimum Gasteiger partial charge on any atom is -0.393 e. The minimum absolute atomic E-state index is 0.123. The van der Waals surface area contributed by atoms with Gasteiger partial charge in [0.1, 0.15) is 10.7 Å². The zero-order valence-corrected chi connectivity index (χ0v) is 11.6. The van der Waals surface area contributed by atoms with Gasteiger partial charge in [-0.1, -0.05) is 6.07 Å². The fourth-order valence-corrected chi connectivity index (χ4v) is 3.63. The molecule has 0 aromatic heterocycles. The SMILES string of the molecule is Cc1ccc(F)c(S(=O)(=O)NCC2CCC(O)C2)c1. The van der Waals surface area contributed by atoms with E-state index in [1.165, 1.54) is 12.1 Å². The summed E-state index contributed by atoms with van der Waals surface area (Å²) in [6.07, 6.45) is 1.74. The molecule has 2 atom stereocenters. The number of aryl methyl sites for hydroxylation is 1. The first-order valence-electron chi connectivity index (χ1n) is 6.32. The van der Waals surface area contributed by atoms with E-state index in [0.717, 1.165) is 12.5 Å². The zero-order valence-electron chi connectivity index (χ0n) is 10.8. The fourth-order valence-electron chi connectivity index (χ4n) is 2.36. The second-order valence-electron chi connectivity index (χ2n) is 5.12. The van der Waals surface area contributed by atoms with E-state index >= 15 is 0 Å². The van der Waals surface area contributed by atoms with Crippen LogP contribution in [0.1, 0.15) is 24.8 Å². The van der Waals surface area contributed by atoms with Crippen molar-refractivity contribution >= 4 is 10.0 Å². The van der Waals surface area contributed by atoms with E-state index in [-0.39, 0.29) is 23.5 Å². The molecule has 6 heteroatoms. The lowest BCUT2D eigenvalue weighted by Crippen LogP contribution is -2.29. The van der Waals surface area contributed by atoms with Crippen LogP contribution in [0.3, 0.4) is 0 Å². The van der Waals surface area contributed by atoms with E-state index < -0.39 is 15.8 Å². The first-order valence-corrected chi connectivity index (χ1v) is 7.80. The van der Waals surface area contributed by atoms with Crippen LogP contribution < -0.4 is 4.72 Å². The average molecular weight is 287 g/mol. The molecule has 0 aliphatic heterocycles. The molecule has 0 bridgehead atoms. The van der Waals surface area contributed by atoms with Gasteiger partial charge >= 0.3 is 0 Å². The van der Waals surface area contributed by atoms with Crippen LogP contribution in [0.15, 0.2) is 23.1 Å². The second-order valence-corrected chi connectivity index (χ2v) is 6.85. The van der Waals surface area contributed by atoms with E-state index in [1.54, 1.807) is 6.92 Å². The number of benzene rings is 1. The van der Waals surface area contributed by atoms with Crippen LogP contribution in [-0.4, -0.2) is 26.2 Å². The number of aliphatic hydroxyl groups is 1. The van der Waals surface area contributed by atoms with Crippen molar-refractivity contribution in [2.24, 2.45) is 5.92 Å². The molecule has 1 aromatic carbocycles. The Kier molecular flexibility index (Phi) is 4.23. The fraction of sp³-hybridized carbons (Fsp3) is 0.538. The van der Waals surface area contributed by atoms with Crippen molar-refractivity contribution in [1.82, 2.24) is 4.72 Å². The van der Waals surface area contributed by atoms with Gasteiger partial charge in [0.2, 0.25) is 10.0 Å². The van der Waals surface area contributed by atoms with Crippen LogP contribution in [0.4, 0.5) is 4.39 Å². The Morgan fingerprint density at radius 1 is 1.42 bits per heavy atom. The molecule has 1 saturated carbocycles. The van der Waals surface area contributed by atoms with Gasteiger partial charge in [-0.15, -0.1) is 0 Å². The molecular formula is C13H18FNO3S. The number of aliphatic hydroxyl groups excluding tert-OH is 1. The molecule has 0 spiro atoms. The number of hydrogen-bond acceptors (Lipinski definition) is 3. The van der Waals surface area contributed by atoms with E-state index in [4.69, 9.17) is 0 Å². The predicted molar refractivity (Wildman–Crippen MR) is 69.7 cm³/mol. The van der Waals surface area contributed by atoms with E-state index in [1.807, 2.05) is 0 Å². The first kappa shape index (κ1) is 14.4. The van der Waals surface area contributed by atoms with Crippen molar-refractivity contribution in [2.45, 2.75) is 37.2 Å². The van der Waals surface area contributed by atoms with Crippen molar-refractivity contribution in [3.63, 3.8) is 0 Å². The molecule has 4 nitrogen and oxygen atoms in total. The second kappa shape index (κ2) is 5.56. The summed E-state index contributed by atoms with van der Waals surface area (Å²) in [7, 11) is -3.83. The summed E-state index contributed by atoms with van der Waals surface area (Å²) in [4.78, 5) is -0.314.